The van der Waals surface area contributed by atoms with Crippen LogP contribution in [0, 0.1) is 0 Å². The molecule has 1 aromatic heterocycles. The summed E-state index contributed by atoms with van der Waals surface area (Å²) in [5.41, 5.74) is 5.08. The number of carbonyl (C=O) groups is 3. The zero-order valence-corrected chi connectivity index (χ0v) is 12.5. The molecule has 15 heteroatoms. The molecule has 0 aliphatic rings. The van der Waals surface area contributed by atoms with Gasteiger partial charge in [0.1, 0.15) is 10.3 Å². The van der Waals surface area contributed by atoms with E-state index in [0.717, 1.165) is 0 Å². The zero-order valence-electron chi connectivity index (χ0n) is 10.9. The Hall–Kier alpha value is -2.45. The summed E-state index contributed by atoms with van der Waals surface area (Å²) >= 11 is 3.05. The van der Waals surface area contributed by atoms with Gasteiger partial charge in [-0.15, -0.1) is 0 Å². The normalized spacial score (nSPS) is 10.5. The highest BCUT2D eigenvalue weighted by molar-refractivity contribution is 9.10. The topological polar surface area (TPSA) is 143 Å². The second kappa shape index (κ2) is 9.64. The molecule has 0 radical (unpaired) electrons. The predicted octanol–water partition coefficient (Wildman–Crippen LogP) is 1.60. The fraction of sp³-hybridized carbons (Fsp3) is 0.222. The van der Waals surface area contributed by atoms with E-state index in [1.165, 1.54) is 12.4 Å². The number of aromatic nitrogens is 2. The van der Waals surface area contributed by atoms with Crippen molar-refractivity contribution in [1.29, 1.82) is 0 Å². The number of alkyl halides is 6. The van der Waals surface area contributed by atoms with E-state index in [9.17, 15) is 31.1 Å². The molecule has 136 valence electrons. The average molecular weight is 430 g/mol. The molecule has 1 heterocycles. The Kier molecular flexibility index (Phi) is 9.56. The molecule has 0 aliphatic carbocycles. The fourth-order valence-electron chi connectivity index (χ4n) is 0.461. The van der Waals surface area contributed by atoms with Crippen LogP contribution in [0.15, 0.2) is 17.0 Å². The summed E-state index contributed by atoms with van der Waals surface area (Å²) in [6.45, 7) is 0. The standard InChI is InChI=1S/C5H4BrN3O.2C2HF3O2/c6-4-2-8-1-3(9-4)5(7)10;2*3-2(4,5)1(6)7/h1-2H,(H2,7,10);2*(H,6,7). The maximum Gasteiger partial charge on any atom is 0.490 e. The Morgan fingerprint density at radius 2 is 1.29 bits per heavy atom. The van der Waals surface area contributed by atoms with Crippen molar-refractivity contribution in [2.24, 2.45) is 5.73 Å². The van der Waals surface area contributed by atoms with Crippen LogP contribution in [0.25, 0.3) is 0 Å². The lowest BCUT2D eigenvalue weighted by Gasteiger charge is -1.93. The number of primary amides is 1. The van der Waals surface area contributed by atoms with Crippen LogP contribution in [-0.2, 0) is 9.59 Å². The van der Waals surface area contributed by atoms with Crippen molar-refractivity contribution >= 4 is 33.8 Å². The third-order valence-electron chi connectivity index (χ3n) is 1.34. The highest BCUT2D eigenvalue weighted by Gasteiger charge is 2.38. The molecule has 0 saturated carbocycles. The van der Waals surface area contributed by atoms with Crippen molar-refractivity contribution in [1.82, 2.24) is 9.97 Å². The summed E-state index contributed by atoms with van der Waals surface area (Å²) in [6.07, 6.45) is -7.38. The SMILES string of the molecule is NC(=O)c1cncc(Br)n1.O=C(O)C(F)(F)F.O=C(O)C(F)(F)F. The third-order valence-corrected chi connectivity index (χ3v) is 1.72. The molecular weight excluding hydrogens is 424 g/mol. The lowest BCUT2D eigenvalue weighted by atomic mass is 10.4. The predicted molar refractivity (Wildman–Crippen MR) is 65.6 cm³/mol. The zero-order chi connectivity index (χ0) is 19.7. The van der Waals surface area contributed by atoms with Gasteiger partial charge in [0.25, 0.3) is 5.91 Å². The summed E-state index contributed by atoms with van der Waals surface area (Å²) < 4.78 is 64.0. The van der Waals surface area contributed by atoms with E-state index in [1.807, 2.05) is 0 Å². The number of carboxylic acids is 2. The van der Waals surface area contributed by atoms with Crippen LogP contribution < -0.4 is 5.73 Å². The van der Waals surface area contributed by atoms with Gasteiger partial charge in [-0.25, -0.2) is 14.6 Å². The second-order valence-corrected chi connectivity index (χ2v) is 4.01. The molecule has 24 heavy (non-hydrogen) atoms. The van der Waals surface area contributed by atoms with Crippen molar-refractivity contribution in [3.63, 3.8) is 0 Å². The fourth-order valence-corrected chi connectivity index (χ4v) is 0.770. The van der Waals surface area contributed by atoms with E-state index in [-0.39, 0.29) is 5.69 Å². The first-order valence-corrected chi connectivity index (χ1v) is 5.76. The number of nitrogens with two attached hydrogens (primary N) is 1. The van der Waals surface area contributed by atoms with Crippen LogP contribution in [0.1, 0.15) is 10.5 Å². The van der Waals surface area contributed by atoms with Gasteiger partial charge in [-0.05, 0) is 15.9 Å². The minimum absolute atomic E-state index is 0.161. The highest BCUT2D eigenvalue weighted by atomic mass is 79.9. The first kappa shape index (κ1) is 23.8. The Balaban J connectivity index is 0. The number of halogens is 7. The molecule has 1 amide bonds. The minimum atomic E-state index is -5.08. The quantitative estimate of drug-likeness (QED) is 0.575. The second-order valence-electron chi connectivity index (χ2n) is 3.20. The molecule has 0 spiro atoms. The van der Waals surface area contributed by atoms with E-state index in [2.05, 4.69) is 25.9 Å². The Bertz CT molecular complexity index is 568. The summed E-state index contributed by atoms with van der Waals surface area (Å²) in [4.78, 5) is 35.7. The molecular formula is C9H6BrF6N3O5. The number of carbonyl (C=O) groups excluding carboxylic acids is 1. The maximum atomic E-state index is 10.6. The summed E-state index contributed by atoms with van der Waals surface area (Å²) in [7, 11) is 0. The van der Waals surface area contributed by atoms with Crippen LogP contribution in [0.3, 0.4) is 0 Å². The first-order valence-electron chi connectivity index (χ1n) is 4.96. The van der Waals surface area contributed by atoms with Gasteiger partial charge in [-0.1, -0.05) is 0 Å². The van der Waals surface area contributed by atoms with Crippen LogP contribution in [-0.4, -0.2) is 50.4 Å². The van der Waals surface area contributed by atoms with Gasteiger partial charge in [0, 0.05) is 0 Å². The van der Waals surface area contributed by atoms with Gasteiger partial charge in [0.2, 0.25) is 0 Å². The molecule has 8 nitrogen and oxygen atoms in total. The smallest absolute Gasteiger partial charge is 0.475 e. The van der Waals surface area contributed by atoms with Crippen molar-refractivity contribution in [3.8, 4) is 0 Å². The maximum absolute atomic E-state index is 10.6. The van der Waals surface area contributed by atoms with Crippen LogP contribution >= 0.6 is 15.9 Å². The van der Waals surface area contributed by atoms with Crippen molar-refractivity contribution in [2.75, 3.05) is 0 Å². The first-order chi connectivity index (χ1) is 10.6. The van der Waals surface area contributed by atoms with Crippen molar-refractivity contribution < 1.29 is 50.9 Å². The van der Waals surface area contributed by atoms with Crippen molar-refractivity contribution in [3.05, 3.63) is 22.7 Å². The molecule has 1 rings (SSSR count). The van der Waals surface area contributed by atoms with Gasteiger partial charge in [0.05, 0.1) is 12.4 Å². The summed E-state index contributed by atoms with van der Waals surface area (Å²) in [5, 5.41) is 14.2. The Labute approximate surface area is 136 Å². The van der Waals surface area contributed by atoms with E-state index in [4.69, 9.17) is 25.5 Å². The number of amides is 1. The molecule has 0 saturated heterocycles. The Morgan fingerprint density at radius 1 is 0.958 bits per heavy atom. The highest BCUT2D eigenvalue weighted by Crippen LogP contribution is 2.13. The number of rotatable bonds is 1. The lowest BCUT2D eigenvalue weighted by molar-refractivity contribution is -0.193. The molecule has 1 aromatic rings. The number of hydrogen-bond acceptors (Lipinski definition) is 5. The van der Waals surface area contributed by atoms with Gasteiger partial charge >= 0.3 is 24.3 Å². The largest absolute Gasteiger partial charge is 0.490 e. The van der Waals surface area contributed by atoms with Gasteiger partial charge < -0.3 is 15.9 Å². The van der Waals surface area contributed by atoms with Crippen LogP contribution in [0.2, 0.25) is 0 Å². The average Bonchev–Trinajstić information content (AvgIpc) is 2.37. The molecule has 0 aromatic carbocycles. The number of aliphatic carboxylic acids is 2. The molecule has 0 bridgehead atoms. The van der Waals surface area contributed by atoms with E-state index >= 15 is 0 Å². The summed E-state index contributed by atoms with van der Waals surface area (Å²) in [5.74, 6) is -6.09. The number of hydrogen-bond donors (Lipinski definition) is 3. The van der Waals surface area contributed by atoms with Gasteiger partial charge in [0.15, 0.2) is 0 Å². The van der Waals surface area contributed by atoms with Crippen LogP contribution in [0.4, 0.5) is 26.3 Å². The molecule has 0 fully saturated rings. The van der Waals surface area contributed by atoms with Gasteiger partial charge in [-0.2, -0.15) is 26.3 Å². The van der Waals surface area contributed by atoms with E-state index in [1.54, 1.807) is 0 Å². The molecule has 0 unspecified atom stereocenters. The monoisotopic (exact) mass is 429 g/mol. The van der Waals surface area contributed by atoms with E-state index in [0.29, 0.717) is 4.60 Å². The van der Waals surface area contributed by atoms with Gasteiger partial charge in [-0.3, -0.25) is 9.78 Å². The minimum Gasteiger partial charge on any atom is -0.475 e. The third kappa shape index (κ3) is 12.1. The molecule has 0 atom stereocenters. The number of nitrogens with zero attached hydrogens (tertiary/aromatic N) is 2. The lowest BCUT2D eigenvalue weighted by Crippen LogP contribution is -2.21. The number of carboxylic acid groups (broad SMARTS) is 2. The molecule has 4 N–H and O–H groups in total. The Morgan fingerprint density at radius 3 is 1.46 bits per heavy atom. The summed E-state index contributed by atoms with van der Waals surface area (Å²) in [6, 6.07) is 0. The van der Waals surface area contributed by atoms with Crippen LogP contribution in [0.5, 0.6) is 0 Å². The molecule has 0 aliphatic heterocycles. The van der Waals surface area contributed by atoms with E-state index < -0.39 is 30.2 Å². The van der Waals surface area contributed by atoms with Crippen molar-refractivity contribution in [2.45, 2.75) is 12.4 Å².